The molecule has 2 aromatic rings. The van der Waals surface area contributed by atoms with Crippen LogP contribution >= 0.6 is 0 Å². The van der Waals surface area contributed by atoms with Gasteiger partial charge in [-0.25, -0.2) is 9.59 Å². The van der Waals surface area contributed by atoms with Crippen molar-refractivity contribution >= 4 is 35.7 Å². The first-order valence-electron chi connectivity index (χ1n) is 12.8. The lowest BCUT2D eigenvalue weighted by Gasteiger charge is -2.08. The fourth-order valence-electron chi connectivity index (χ4n) is 3.27. The SMILES string of the molecule is C.C#CCCOC(=O)/C(=C\c1ccc(C#N)cc1OC)C(C)=O.COc1cc(C#N)ccc1/C=C(\C(C)=O)C(=O)OCCC#N. The van der Waals surface area contributed by atoms with Crippen LogP contribution < -0.4 is 9.47 Å². The van der Waals surface area contributed by atoms with Crippen LogP contribution in [-0.4, -0.2) is 50.9 Å². The molecule has 11 nitrogen and oxygen atoms in total. The Kier molecular flexibility index (Phi) is 17.8. The van der Waals surface area contributed by atoms with E-state index in [0.717, 1.165) is 0 Å². The van der Waals surface area contributed by atoms with Crippen LogP contribution in [0.4, 0.5) is 0 Å². The lowest BCUT2D eigenvalue weighted by molar-refractivity contribution is -0.141. The zero-order chi connectivity index (χ0) is 33.1. The number of carbonyl (C=O) groups excluding carboxylic acids is 4. The summed E-state index contributed by atoms with van der Waals surface area (Å²) in [6.45, 7) is 2.48. The molecule has 0 atom stereocenters. The molecular formula is C34H33N3O8. The lowest BCUT2D eigenvalue weighted by atomic mass is 10.1. The van der Waals surface area contributed by atoms with Gasteiger partial charge in [-0.05, 0) is 62.4 Å². The highest BCUT2D eigenvalue weighted by Gasteiger charge is 2.18. The van der Waals surface area contributed by atoms with E-state index >= 15 is 0 Å². The number of benzene rings is 2. The van der Waals surface area contributed by atoms with Gasteiger partial charge in [0.15, 0.2) is 11.6 Å². The van der Waals surface area contributed by atoms with Crippen LogP contribution in [-0.2, 0) is 28.7 Å². The van der Waals surface area contributed by atoms with Crippen molar-refractivity contribution in [2.24, 2.45) is 0 Å². The quantitative estimate of drug-likeness (QED) is 0.0809. The topological polar surface area (TPSA) is 177 Å². The van der Waals surface area contributed by atoms with Crippen molar-refractivity contribution in [3.8, 4) is 42.1 Å². The highest BCUT2D eigenvalue weighted by Crippen LogP contribution is 2.24. The van der Waals surface area contributed by atoms with Gasteiger partial charge in [-0.1, -0.05) is 7.43 Å². The summed E-state index contributed by atoms with van der Waals surface area (Å²) >= 11 is 0. The van der Waals surface area contributed by atoms with Gasteiger partial charge in [0.25, 0.3) is 0 Å². The number of ketones is 2. The van der Waals surface area contributed by atoms with E-state index in [9.17, 15) is 19.2 Å². The first-order chi connectivity index (χ1) is 21.1. The largest absolute Gasteiger partial charge is 0.496 e. The average molecular weight is 612 g/mol. The number of Topliss-reactive ketones (excluding diaryl/α,β-unsaturated/α-hetero) is 2. The summed E-state index contributed by atoms with van der Waals surface area (Å²) in [6.07, 6.45) is 8.12. The first kappa shape index (κ1) is 38.8. The van der Waals surface area contributed by atoms with Crippen molar-refractivity contribution in [1.29, 1.82) is 15.8 Å². The molecule has 11 heteroatoms. The standard InChI is InChI=1S/C17H15NO4.C16H14N2O4.CH4/c1-4-5-8-22-17(20)15(12(2)19)10-14-7-6-13(11-18)9-16(14)21-3;1-11(19)14(16(20)22-7-3-6-17)9-13-5-4-12(10-18)8-15(13)21-2;/h1,6-7,9-10H,5,8H2,2-3H3;4-5,8-9H,3,7H2,1-2H3;1H4/b15-10-;14-9+;. The van der Waals surface area contributed by atoms with Crippen LogP contribution in [0.5, 0.6) is 11.5 Å². The minimum Gasteiger partial charge on any atom is -0.496 e. The third-order valence-corrected chi connectivity index (χ3v) is 5.45. The molecule has 2 aromatic carbocycles. The van der Waals surface area contributed by atoms with Gasteiger partial charge >= 0.3 is 11.9 Å². The van der Waals surface area contributed by atoms with Crippen molar-refractivity contribution < 1.29 is 38.1 Å². The lowest BCUT2D eigenvalue weighted by Crippen LogP contribution is -2.14. The number of nitriles is 3. The second-order valence-electron chi connectivity index (χ2n) is 8.50. The summed E-state index contributed by atoms with van der Waals surface area (Å²) in [5, 5.41) is 26.1. The number of esters is 2. The van der Waals surface area contributed by atoms with Gasteiger partial charge in [0.05, 0.1) is 50.0 Å². The van der Waals surface area contributed by atoms with Gasteiger partial charge < -0.3 is 18.9 Å². The first-order valence-corrected chi connectivity index (χ1v) is 12.8. The van der Waals surface area contributed by atoms with E-state index in [4.69, 9.17) is 41.2 Å². The van der Waals surface area contributed by atoms with E-state index in [2.05, 4.69) is 5.92 Å². The minimum atomic E-state index is -0.797. The van der Waals surface area contributed by atoms with Gasteiger partial charge in [-0.2, -0.15) is 15.8 Å². The van der Waals surface area contributed by atoms with Gasteiger partial charge in [-0.3, -0.25) is 9.59 Å². The molecular weight excluding hydrogens is 578 g/mol. The number of nitrogens with zero attached hydrogens (tertiary/aromatic N) is 3. The number of hydrogen-bond acceptors (Lipinski definition) is 11. The fraction of sp³-hybridized carbons (Fsp3) is 0.265. The second kappa shape index (κ2) is 20.7. The molecule has 0 saturated carbocycles. The number of terminal acetylenes is 1. The molecule has 232 valence electrons. The summed E-state index contributed by atoms with van der Waals surface area (Å²) in [4.78, 5) is 47.0. The predicted molar refractivity (Wildman–Crippen MR) is 165 cm³/mol. The Labute approximate surface area is 262 Å². The third-order valence-electron chi connectivity index (χ3n) is 5.45. The number of ether oxygens (including phenoxy) is 4. The van der Waals surface area contributed by atoms with Gasteiger partial charge in [0, 0.05) is 17.5 Å². The molecule has 0 unspecified atom stereocenters. The summed E-state index contributed by atoms with van der Waals surface area (Å²) in [7, 11) is 2.86. The Morgan fingerprint density at radius 3 is 1.44 bits per heavy atom. The summed E-state index contributed by atoms with van der Waals surface area (Å²) in [5.74, 6) is 0.650. The molecule has 0 spiro atoms. The number of carbonyl (C=O) groups is 4. The molecule has 0 bridgehead atoms. The van der Waals surface area contributed by atoms with Crippen molar-refractivity contribution in [3.63, 3.8) is 0 Å². The summed E-state index contributed by atoms with van der Waals surface area (Å²) in [6, 6.07) is 15.1. The molecule has 0 aliphatic rings. The van der Waals surface area contributed by atoms with Crippen LogP contribution in [0.15, 0.2) is 47.5 Å². The maximum absolute atomic E-state index is 11.9. The van der Waals surface area contributed by atoms with Gasteiger partial charge in [0.1, 0.15) is 35.9 Å². The van der Waals surface area contributed by atoms with Gasteiger partial charge in [-0.15, -0.1) is 12.3 Å². The maximum Gasteiger partial charge on any atom is 0.341 e. The number of hydrogen-bond donors (Lipinski definition) is 0. The molecule has 0 aliphatic carbocycles. The Balaban J connectivity index is 0.000000842. The molecule has 0 amide bonds. The van der Waals surface area contributed by atoms with Crippen molar-refractivity contribution in [2.45, 2.75) is 34.1 Å². The smallest absolute Gasteiger partial charge is 0.341 e. The van der Waals surface area contributed by atoms with Crippen LogP contribution in [0.1, 0.15) is 56.4 Å². The molecule has 45 heavy (non-hydrogen) atoms. The van der Waals surface area contributed by atoms with Crippen LogP contribution in [0.25, 0.3) is 12.2 Å². The normalized spacial score (nSPS) is 10.0. The van der Waals surface area contributed by atoms with E-state index in [0.29, 0.717) is 33.8 Å². The second-order valence-corrected chi connectivity index (χ2v) is 8.50. The molecule has 0 aromatic heterocycles. The van der Waals surface area contributed by atoms with Crippen molar-refractivity contribution in [1.82, 2.24) is 0 Å². The van der Waals surface area contributed by atoms with Crippen LogP contribution in [0, 0.1) is 46.3 Å². The Hall–Kier alpha value is -6.17. The molecule has 0 heterocycles. The maximum atomic E-state index is 11.9. The minimum absolute atomic E-state index is 0. The summed E-state index contributed by atoms with van der Waals surface area (Å²) in [5.41, 5.74) is 1.52. The average Bonchev–Trinajstić information content (AvgIpc) is 3.02. The molecule has 0 fully saturated rings. The zero-order valence-corrected chi connectivity index (χ0v) is 24.6. The highest BCUT2D eigenvalue weighted by atomic mass is 16.5. The van der Waals surface area contributed by atoms with E-state index in [1.165, 1.54) is 52.4 Å². The predicted octanol–water partition coefficient (Wildman–Crippen LogP) is 4.74. The zero-order valence-electron chi connectivity index (χ0n) is 24.6. The van der Waals surface area contributed by atoms with Crippen LogP contribution in [0.3, 0.4) is 0 Å². The van der Waals surface area contributed by atoms with E-state index < -0.39 is 23.5 Å². The molecule has 0 aliphatic heterocycles. The molecule has 0 saturated heterocycles. The number of rotatable bonds is 12. The monoisotopic (exact) mass is 611 g/mol. The van der Waals surface area contributed by atoms with E-state index in [1.54, 1.807) is 24.3 Å². The van der Waals surface area contributed by atoms with Gasteiger partial charge in [0.2, 0.25) is 0 Å². The summed E-state index contributed by atoms with van der Waals surface area (Å²) < 4.78 is 20.1. The van der Waals surface area contributed by atoms with E-state index in [-0.39, 0.29) is 44.6 Å². The van der Waals surface area contributed by atoms with Crippen molar-refractivity contribution in [2.75, 3.05) is 27.4 Å². The fourth-order valence-corrected chi connectivity index (χ4v) is 3.27. The Morgan fingerprint density at radius 1 is 0.733 bits per heavy atom. The Bertz CT molecular complexity index is 1500. The van der Waals surface area contributed by atoms with E-state index in [1.807, 2.05) is 18.2 Å². The third kappa shape index (κ3) is 12.7. The Morgan fingerprint density at radius 2 is 1.13 bits per heavy atom. The molecule has 0 N–H and O–H groups in total. The van der Waals surface area contributed by atoms with Crippen molar-refractivity contribution in [3.05, 3.63) is 69.8 Å². The highest BCUT2D eigenvalue weighted by molar-refractivity contribution is 6.20. The van der Waals surface area contributed by atoms with Crippen LogP contribution in [0.2, 0.25) is 0 Å². The molecule has 0 radical (unpaired) electrons. The number of methoxy groups -OCH3 is 2. The molecule has 2 rings (SSSR count).